The molecule has 6 atom stereocenters. The van der Waals surface area contributed by atoms with E-state index in [9.17, 15) is 19.2 Å². The summed E-state index contributed by atoms with van der Waals surface area (Å²) in [6.45, 7) is 4.35. The monoisotopic (exact) mass is 1080 g/mol. The maximum Gasteiger partial charge on any atom is 0.440 e. The van der Waals surface area contributed by atoms with Gasteiger partial charge in [0.1, 0.15) is 49.1 Å². The van der Waals surface area contributed by atoms with Gasteiger partial charge < -0.3 is 38.0 Å². The number of hydrogen-bond acceptors (Lipinski definition) is 12. The molecule has 19 heteroatoms. The number of carbonyl (C=O) groups excluding carboxylic acids is 4. The van der Waals surface area contributed by atoms with Gasteiger partial charge in [0.15, 0.2) is 11.2 Å². The predicted octanol–water partition coefficient (Wildman–Crippen LogP) is 14.6. The van der Waals surface area contributed by atoms with E-state index in [4.69, 9.17) is 80.5 Å². The number of para-hydroxylation sites is 2. The molecular formula is C51H77BCl4NO12P. The van der Waals surface area contributed by atoms with Crippen LogP contribution in [0.1, 0.15) is 162 Å². The van der Waals surface area contributed by atoms with E-state index in [-0.39, 0.29) is 17.9 Å². The zero-order valence-electron chi connectivity index (χ0n) is 42.4. The Morgan fingerprint density at radius 2 is 1.21 bits per heavy atom. The Bertz CT molecular complexity index is 1810. The van der Waals surface area contributed by atoms with Crippen LogP contribution in [0.25, 0.3) is 0 Å². The van der Waals surface area contributed by atoms with Crippen molar-refractivity contribution in [1.29, 1.82) is 1.34 Å². The van der Waals surface area contributed by atoms with E-state index in [1.807, 2.05) is 0 Å². The van der Waals surface area contributed by atoms with Crippen LogP contribution in [0.5, 0.6) is 11.5 Å². The highest BCUT2D eigenvalue weighted by atomic mass is 35.6. The molecule has 1 saturated heterocycles. The maximum absolute atomic E-state index is 15.8. The van der Waals surface area contributed by atoms with Crippen LogP contribution in [0.3, 0.4) is 0 Å². The molecule has 0 saturated carbocycles. The first kappa shape index (κ1) is 59.7. The van der Waals surface area contributed by atoms with Crippen molar-refractivity contribution < 1.29 is 56.5 Å². The van der Waals surface area contributed by atoms with Crippen molar-refractivity contribution in [2.24, 2.45) is 0 Å². The van der Waals surface area contributed by atoms with Gasteiger partial charge in [0.25, 0.3) is 7.24 Å². The smallest absolute Gasteiger partial charge is 0.440 e. The van der Waals surface area contributed by atoms with Crippen molar-refractivity contribution in [1.82, 2.24) is 5.32 Å². The van der Waals surface area contributed by atoms with Crippen LogP contribution >= 0.6 is 54.0 Å². The highest BCUT2D eigenvalue weighted by molar-refractivity contribution is 7.55. The number of unbranched alkanes of at least 4 members (excludes halogenated alkanes) is 18. The van der Waals surface area contributed by atoms with Crippen LogP contribution in [0.15, 0.2) is 60.7 Å². The van der Waals surface area contributed by atoms with Gasteiger partial charge in [-0.2, -0.15) is 0 Å². The fourth-order valence-electron chi connectivity index (χ4n) is 8.14. The van der Waals surface area contributed by atoms with Gasteiger partial charge in [-0.1, -0.05) is 219 Å². The number of rotatable bonds is 36. The number of ether oxygens (including phenoxy) is 5. The molecule has 1 N–H and O–H groups in total. The van der Waals surface area contributed by atoms with Gasteiger partial charge in [-0.3, -0.25) is 14.4 Å². The summed E-state index contributed by atoms with van der Waals surface area (Å²) in [5, 5.41) is 2.51. The molecule has 2 aromatic rings. The van der Waals surface area contributed by atoms with Gasteiger partial charge in [0, 0.05) is 6.42 Å². The van der Waals surface area contributed by atoms with Crippen molar-refractivity contribution in [3.05, 3.63) is 60.7 Å². The first-order valence-corrected chi connectivity index (χ1v) is 28.6. The molecule has 0 bridgehead atoms. The van der Waals surface area contributed by atoms with Crippen LogP contribution in [0.4, 0.5) is 9.59 Å². The van der Waals surface area contributed by atoms with Crippen LogP contribution in [-0.4, -0.2) is 85.1 Å². The quantitative estimate of drug-likeness (QED) is 0.0172. The van der Waals surface area contributed by atoms with Gasteiger partial charge in [0.2, 0.25) is 9.66 Å². The predicted molar refractivity (Wildman–Crippen MR) is 280 cm³/mol. The van der Waals surface area contributed by atoms with E-state index in [1.54, 1.807) is 36.4 Å². The molecule has 2 aromatic carbocycles. The number of carbonyl (C=O) groups is 4. The minimum Gasteiger partial charge on any atom is -0.471 e. The Balaban J connectivity index is 1.96. The first-order valence-electron chi connectivity index (χ1n) is 26.0. The van der Waals surface area contributed by atoms with E-state index in [0.717, 1.165) is 44.9 Å². The molecule has 1 amide bonds. The summed E-state index contributed by atoms with van der Waals surface area (Å²) in [7, 11) is -6.12. The van der Waals surface area contributed by atoms with E-state index in [1.165, 1.54) is 102 Å². The van der Waals surface area contributed by atoms with E-state index in [2.05, 4.69) is 19.2 Å². The molecule has 1 aliphatic heterocycles. The number of hydrogen-bond donors (Lipinski definition) is 1. The van der Waals surface area contributed by atoms with E-state index in [0.29, 0.717) is 19.3 Å². The van der Waals surface area contributed by atoms with Gasteiger partial charge in [-0.05, 0) is 44.9 Å². The lowest BCUT2D eigenvalue weighted by Crippen LogP contribution is -2.64. The zero-order valence-corrected chi connectivity index (χ0v) is 45.3. The second kappa shape index (κ2) is 35.3. The number of alkyl halides is 4. The topological polar surface area (TPSA) is 162 Å². The molecule has 0 radical (unpaired) electrons. The third kappa shape index (κ3) is 25.7. The molecule has 70 heavy (non-hydrogen) atoms. The third-order valence-corrected chi connectivity index (χ3v) is 14.8. The number of esters is 2. The Morgan fingerprint density at radius 1 is 0.729 bits per heavy atom. The highest BCUT2D eigenvalue weighted by Crippen LogP contribution is 2.58. The molecule has 1 aliphatic rings. The second-order valence-corrected chi connectivity index (χ2v) is 22.8. The van der Waals surface area contributed by atoms with Crippen molar-refractivity contribution >= 4 is 85.1 Å². The molecule has 13 nitrogen and oxygen atoms in total. The lowest BCUT2D eigenvalue weighted by Gasteiger charge is -2.45. The van der Waals surface area contributed by atoms with Crippen LogP contribution in [-0.2, 0) is 37.8 Å². The maximum atomic E-state index is 15.8. The van der Waals surface area contributed by atoms with E-state index >= 15 is 4.57 Å². The Hall–Kier alpha value is -2.87. The second-order valence-electron chi connectivity index (χ2n) is 17.8. The lowest BCUT2D eigenvalue weighted by molar-refractivity contribution is -0.168. The summed E-state index contributed by atoms with van der Waals surface area (Å²) in [6.07, 6.45) is 16.7. The summed E-state index contributed by atoms with van der Waals surface area (Å²) in [4.78, 5) is 54.0. The Morgan fingerprint density at radius 3 is 1.70 bits per heavy atom. The molecule has 394 valence electrons. The summed E-state index contributed by atoms with van der Waals surface area (Å²) in [5.74, 6) is -2.12. The molecule has 1 fully saturated rings. The van der Waals surface area contributed by atoms with Crippen molar-refractivity contribution in [3.63, 3.8) is 0 Å². The van der Waals surface area contributed by atoms with Crippen molar-refractivity contribution in [2.75, 3.05) is 13.2 Å². The largest absolute Gasteiger partial charge is 0.471 e. The molecule has 0 spiro atoms. The Kier molecular flexibility index (Phi) is 30.1. The number of benzene rings is 2. The average Bonchev–Trinajstić information content (AvgIpc) is 3.32. The minimum atomic E-state index is -4.81. The van der Waals surface area contributed by atoms with Crippen LogP contribution < -0.4 is 14.4 Å². The molecule has 0 aromatic heterocycles. The van der Waals surface area contributed by atoms with Gasteiger partial charge in [0.05, 0.1) is 6.42 Å². The highest BCUT2D eigenvalue weighted by Gasteiger charge is 2.60. The average molecular weight is 1080 g/mol. The standard InChI is InChI=1S/C51H77BCl4NO12P/c1-4-6-8-10-12-14-15-17-19-21-29-35-43(58)65-41(34-24-20-18-16-13-11-9-7-5-2)36-44(59)67-46-45(57-50(61)64-38-51(54,55)56)48(53)66-42(37-63-49(60)52-3)47(46)70(62,68-39-30-25-22-26-31-39)69-40-32-27-23-28-33-40/h22-23,25-28,30-33,41-42,45-48,52H,4-21,24,29,34-38H2,1-3H3,(H,57,61)/i52T. The molecule has 6 unspecified atom stereocenters. The summed E-state index contributed by atoms with van der Waals surface area (Å²) >= 11 is 24.5. The van der Waals surface area contributed by atoms with Crippen LogP contribution in [0, 0.1) is 0 Å². The van der Waals surface area contributed by atoms with Crippen molar-refractivity contribution in [2.45, 2.75) is 208 Å². The minimum absolute atomic E-state index is 0.0812. The fraction of sp³-hybridized carbons (Fsp3) is 0.686. The van der Waals surface area contributed by atoms with Gasteiger partial charge >= 0.3 is 25.6 Å². The Labute approximate surface area is 439 Å². The zero-order chi connectivity index (χ0) is 51.9. The van der Waals surface area contributed by atoms with Crippen molar-refractivity contribution in [3.8, 4) is 11.5 Å². The number of nitrogens with one attached hydrogen (secondary N) is 1. The summed E-state index contributed by atoms with van der Waals surface area (Å²) in [5.41, 5.74) is -3.29. The number of halogens is 4. The third-order valence-electron chi connectivity index (χ3n) is 11.8. The number of alkyl carbamates (subject to hydrolysis) is 1. The first-order chi connectivity index (χ1) is 34.0. The molecule has 3 rings (SSSR count). The number of amides is 1. The summed E-state index contributed by atoms with van der Waals surface area (Å²) < 4.78 is 63.2. The SMILES string of the molecule is [3H]B(C)C(=O)OCC1OC(Cl)C(NC(=O)OCC(Cl)(Cl)Cl)C(OC(=O)CC(CCCCCCCCCCC)OC(=O)CCCCCCCCCCCCC)C1P(=O)(Oc1ccccc1)Oc1ccccc1. The van der Waals surface area contributed by atoms with Gasteiger partial charge in [-0.25, -0.2) is 9.36 Å². The normalized spacial score (nSPS) is 18.7. The van der Waals surface area contributed by atoms with E-state index < -0.39 is 97.7 Å². The van der Waals surface area contributed by atoms with Crippen LogP contribution in [0.2, 0.25) is 6.82 Å². The molecule has 1 heterocycles. The molecular weight excluding hydrogens is 1000 g/mol. The summed E-state index contributed by atoms with van der Waals surface area (Å²) in [6, 6.07) is 14.5. The lowest BCUT2D eigenvalue weighted by atomic mass is 9.83. The van der Waals surface area contributed by atoms with Gasteiger partial charge in [-0.15, -0.1) is 0 Å². The fourth-order valence-corrected chi connectivity index (χ4v) is 10.9. The molecule has 0 aliphatic carbocycles.